The molecule has 0 spiro atoms. The lowest BCUT2D eigenvalue weighted by Gasteiger charge is -2.38. The Morgan fingerprint density at radius 1 is 1.13 bits per heavy atom. The standard InChI is InChI=1S/C30H34Cl2F2N6O5/c1-4-23(41)39-16-19(17-39)45-12-11-40-27-18(15-36-29(37-27)35-7-10-38-8-5-30(33,34)6-9-38)13-20(28(40)42)24-25(31)21(43-2)14-22(44-3)26(24)32/h4,13-15,19H,1,5-12,16-17H2,2-3H3,(H,35,36,37). The number of amides is 1. The van der Waals surface area contributed by atoms with Gasteiger partial charge in [-0.3, -0.25) is 14.2 Å². The van der Waals surface area contributed by atoms with Gasteiger partial charge in [0.05, 0.1) is 49.1 Å². The highest BCUT2D eigenvalue weighted by atomic mass is 35.5. The minimum Gasteiger partial charge on any atom is -0.495 e. The second-order valence-electron chi connectivity index (χ2n) is 10.8. The van der Waals surface area contributed by atoms with Gasteiger partial charge in [0.1, 0.15) is 17.1 Å². The number of nitrogens with zero attached hydrogens (tertiary/aromatic N) is 5. The fourth-order valence-corrected chi connectivity index (χ4v) is 6.05. The first kappa shape index (κ1) is 32.9. The number of pyridine rings is 1. The highest BCUT2D eigenvalue weighted by Gasteiger charge is 2.34. The maximum Gasteiger partial charge on any atom is 0.260 e. The summed E-state index contributed by atoms with van der Waals surface area (Å²) in [4.78, 5) is 38.5. The van der Waals surface area contributed by atoms with Crippen molar-refractivity contribution in [2.45, 2.75) is 31.4 Å². The largest absolute Gasteiger partial charge is 0.495 e. The van der Waals surface area contributed by atoms with E-state index >= 15 is 0 Å². The normalized spacial score (nSPS) is 16.8. The SMILES string of the molecule is C=CC(=O)N1CC(OCCn2c(=O)c(-c3c(Cl)c(OC)cc(OC)c3Cl)cc3cnc(NCCN4CCC(F)(F)CC4)nc32)C1. The van der Waals surface area contributed by atoms with E-state index in [0.717, 1.165) is 0 Å². The first-order chi connectivity index (χ1) is 21.5. The monoisotopic (exact) mass is 666 g/mol. The number of aromatic nitrogens is 3. The third-order valence-electron chi connectivity index (χ3n) is 7.97. The lowest BCUT2D eigenvalue weighted by atomic mass is 10.0. The van der Waals surface area contributed by atoms with Gasteiger partial charge >= 0.3 is 0 Å². The number of carbonyl (C=O) groups is 1. The molecule has 2 fully saturated rings. The van der Waals surface area contributed by atoms with E-state index in [1.807, 2.05) is 4.90 Å². The molecule has 2 aromatic heterocycles. The van der Waals surface area contributed by atoms with Gasteiger partial charge in [0, 0.05) is 75.3 Å². The molecule has 5 rings (SSSR count). The van der Waals surface area contributed by atoms with Crippen molar-refractivity contribution >= 4 is 46.1 Å². The first-order valence-electron chi connectivity index (χ1n) is 14.4. The predicted octanol–water partition coefficient (Wildman–Crippen LogP) is 4.34. The summed E-state index contributed by atoms with van der Waals surface area (Å²) >= 11 is 13.3. The maximum atomic E-state index is 14.1. The molecule has 0 bridgehead atoms. The zero-order chi connectivity index (χ0) is 32.3. The van der Waals surface area contributed by atoms with E-state index in [4.69, 9.17) is 37.4 Å². The number of halogens is 4. The van der Waals surface area contributed by atoms with Gasteiger partial charge in [-0.1, -0.05) is 29.8 Å². The maximum absolute atomic E-state index is 14.1. The molecule has 0 unspecified atom stereocenters. The van der Waals surface area contributed by atoms with Crippen molar-refractivity contribution in [3.63, 3.8) is 0 Å². The van der Waals surface area contributed by atoms with Crippen LogP contribution in [0.1, 0.15) is 12.8 Å². The Labute approximate surface area is 268 Å². The molecule has 1 N–H and O–H groups in total. The molecule has 4 heterocycles. The number of hydrogen-bond donors (Lipinski definition) is 1. The van der Waals surface area contributed by atoms with Gasteiger partial charge in [-0.25, -0.2) is 13.8 Å². The number of likely N-dealkylation sites (tertiary alicyclic amines) is 2. The summed E-state index contributed by atoms with van der Waals surface area (Å²) in [5, 5.41) is 3.95. The highest BCUT2D eigenvalue weighted by molar-refractivity contribution is 6.41. The number of nitrogens with one attached hydrogen (secondary N) is 1. The van der Waals surface area contributed by atoms with Crippen LogP contribution in [0.4, 0.5) is 14.7 Å². The van der Waals surface area contributed by atoms with Gasteiger partial charge in [-0.15, -0.1) is 0 Å². The van der Waals surface area contributed by atoms with Crippen LogP contribution >= 0.6 is 23.2 Å². The van der Waals surface area contributed by atoms with Crippen LogP contribution in [0, 0.1) is 0 Å². The number of piperidine rings is 1. The molecule has 0 saturated carbocycles. The Bertz CT molecular complexity index is 1610. The van der Waals surface area contributed by atoms with E-state index in [1.165, 1.54) is 30.9 Å². The average Bonchev–Trinajstić information content (AvgIpc) is 3.00. The van der Waals surface area contributed by atoms with Crippen molar-refractivity contribution in [3.05, 3.63) is 51.4 Å². The zero-order valence-electron chi connectivity index (χ0n) is 25.0. The molecule has 45 heavy (non-hydrogen) atoms. The van der Waals surface area contributed by atoms with Crippen molar-refractivity contribution < 1.29 is 27.8 Å². The second-order valence-corrected chi connectivity index (χ2v) is 11.6. The molecule has 0 atom stereocenters. The lowest BCUT2D eigenvalue weighted by Crippen LogP contribution is -2.54. The highest BCUT2D eigenvalue weighted by Crippen LogP contribution is 2.45. The summed E-state index contributed by atoms with van der Waals surface area (Å²) < 4.78 is 45.3. The van der Waals surface area contributed by atoms with Crippen LogP contribution in [0.2, 0.25) is 10.0 Å². The molecule has 15 heteroatoms. The molecule has 2 aliphatic rings. The van der Waals surface area contributed by atoms with Crippen molar-refractivity contribution in [3.8, 4) is 22.6 Å². The van der Waals surface area contributed by atoms with Crippen molar-refractivity contribution in [1.82, 2.24) is 24.3 Å². The van der Waals surface area contributed by atoms with Crippen molar-refractivity contribution in [2.24, 2.45) is 0 Å². The van der Waals surface area contributed by atoms with Crippen molar-refractivity contribution in [1.29, 1.82) is 0 Å². The summed E-state index contributed by atoms with van der Waals surface area (Å²) in [5.41, 5.74) is 0.345. The second kappa shape index (κ2) is 13.9. The molecule has 3 aromatic rings. The summed E-state index contributed by atoms with van der Waals surface area (Å²) in [6.45, 7) is 6.25. The molecule has 1 aromatic carbocycles. The summed E-state index contributed by atoms with van der Waals surface area (Å²) in [7, 11) is 2.89. The fourth-order valence-electron chi connectivity index (χ4n) is 5.35. The third-order valence-corrected chi connectivity index (χ3v) is 8.72. The quantitative estimate of drug-likeness (QED) is 0.282. The number of rotatable bonds is 12. The first-order valence-corrected chi connectivity index (χ1v) is 15.2. The van der Waals surface area contributed by atoms with E-state index in [9.17, 15) is 18.4 Å². The molecular weight excluding hydrogens is 633 g/mol. The Balaban J connectivity index is 1.43. The minimum absolute atomic E-state index is 0.129. The molecule has 2 aliphatic heterocycles. The number of carbonyl (C=O) groups excluding carboxylic acids is 1. The number of hydrogen-bond acceptors (Lipinski definition) is 9. The van der Waals surface area contributed by atoms with Crippen LogP contribution in [0.25, 0.3) is 22.2 Å². The topological polar surface area (TPSA) is 111 Å². The predicted molar refractivity (Wildman–Crippen MR) is 168 cm³/mol. The summed E-state index contributed by atoms with van der Waals surface area (Å²) in [6.07, 6.45) is 2.34. The molecule has 11 nitrogen and oxygen atoms in total. The van der Waals surface area contributed by atoms with Crippen molar-refractivity contribution in [2.75, 3.05) is 65.4 Å². The van der Waals surface area contributed by atoms with Gasteiger partial charge in [0.25, 0.3) is 11.5 Å². The van der Waals surface area contributed by atoms with Crippen LogP contribution in [0.15, 0.2) is 35.8 Å². The fraction of sp³-hybridized carbons (Fsp3) is 0.467. The number of anilines is 1. The summed E-state index contributed by atoms with van der Waals surface area (Å²) in [6, 6.07) is 3.15. The smallest absolute Gasteiger partial charge is 0.260 e. The molecule has 1 amide bonds. The van der Waals surface area contributed by atoms with Crippen LogP contribution in [0.3, 0.4) is 0 Å². The Morgan fingerprint density at radius 2 is 1.80 bits per heavy atom. The third kappa shape index (κ3) is 7.16. The Morgan fingerprint density at radius 3 is 2.42 bits per heavy atom. The zero-order valence-corrected chi connectivity index (χ0v) is 26.5. The van der Waals surface area contributed by atoms with E-state index in [-0.39, 0.29) is 76.6 Å². The number of ether oxygens (including phenoxy) is 3. The van der Waals surface area contributed by atoms with Crippen LogP contribution in [-0.4, -0.2) is 102 Å². The minimum atomic E-state index is -2.61. The molecule has 242 valence electrons. The number of methoxy groups -OCH3 is 2. The number of benzene rings is 1. The van der Waals surface area contributed by atoms with Gasteiger partial charge in [-0.05, 0) is 12.1 Å². The van der Waals surface area contributed by atoms with Crippen LogP contribution in [0.5, 0.6) is 11.5 Å². The van der Waals surface area contributed by atoms with E-state index in [0.29, 0.717) is 50.3 Å². The summed E-state index contributed by atoms with van der Waals surface area (Å²) in [5.74, 6) is -1.94. The Hall–Kier alpha value is -3.52. The molecule has 2 saturated heterocycles. The van der Waals surface area contributed by atoms with E-state index < -0.39 is 11.5 Å². The van der Waals surface area contributed by atoms with Gasteiger partial charge in [0.2, 0.25) is 11.9 Å². The lowest BCUT2D eigenvalue weighted by molar-refractivity contribution is -0.139. The molecule has 0 radical (unpaired) electrons. The average molecular weight is 668 g/mol. The molecular formula is C30H34Cl2F2N6O5. The Kier molecular flexibility index (Phi) is 10.1. The number of alkyl halides is 2. The van der Waals surface area contributed by atoms with E-state index in [1.54, 1.807) is 17.2 Å². The van der Waals surface area contributed by atoms with Crippen LogP contribution in [-0.2, 0) is 16.1 Å². The molecule has 0 aliphatic carbocycles. The van der Waals surface area contributed by atoms with E-state index in [2.05, 4.69) is 21.9 Å². The van der Waals surface area contributed by atoms with Gasteiger partial charge in [-0.2, -0.15) is 4.98 Å². The van der Waals surface area contributed by atoms with Gasteiger partial charge in [0.15, 0.2) is 0 Å². The number of fused-ring (bicyclic) bond motifs is 1. The van der Waals surface area contributed by atoms with Gasteiger partial charge < -0.3 is 29.3 Å². The van der Waals surface area contributed by atoms with Crippen LogP contribution < -0.4 is 20.3 Å².